The van der Waals surface area contributed by atoms with Crippen molar-refractivity contribution in [2.75, 3.05) is 0 Å². The number of aliphatic carboxylic acids is 1. The van der Waals surface area contributed by atoms with E-state index in [1.807, 2.05) is 19.9 Å². The van der Waals surface area contributed by atoms with Gasteiger partial charge in [0.1, 0.15) is 11.7 Å². The van der Waals surface area contributed by atoms with Gasteiger partial charge in [-0.2, -0.15) is 0 Å². The van der Waals surface area contributed by atoms with Crippen molar-refractivity contribution in [3.63, 3.8) is 0 Å². The number of hydrogen-bond acceptors (Lipinski definition) is 5. The van der Waals surface area contributed by atoms with Crippen LogP contribution in [0.2, 0.25) is 0 Å². The Hall–Kier alpha value is -1.66. The van der Waals surface area contributed by atoms with Crippen molar-refractivity contribution in [3.05, 3.63) is 23.8 Å². The van der Waals surface area contributed by atoms with Gasteiger partial charge in [0, 0.05) is 18.9 Å². The average molecular weight is 326 g/mol. The Labute approximate surface area is 136 Å². The highest BCUT2D eigenvalue weighted by molar-refractivity contribution is 5.86. The maximum absolute atomic E-state index is 11.4. The van der Waals surface area contributed by atoms with Gasteiger partial charge in [-0.05, 0) is 31.6 Å². The van der Waals surface area contributed by atoms with E-state index < -0.39 is 23.6 Å². The molecule has 2 N–H and O–H groups in total. The predicted octanol–water partition coefficient (Wildman–Crippen LogP) is 3.33. The lowest BCUT2D eigenvalue weighted by Gasteiger charge is -2.28. The van der Waals surface area contributed by atoms with Gasteiger partial charge in [-0.1, -0.05) is 32.1 Å². The van der Waals surface area contributed by atoms with Crippen LogP contribution in [-0.4, -0.2) is 34.0 Å². The van der Waals surface area contributed by atoms with Gasteiger partial charge in [0.05, 0.1) is 0 Å². The summed E-state index contributed by atoms with van der Waals surface area (Å²) >= 11 is 0. The number of rotatable bonds is 3. The Balaban J connectivity index is 3.16. The van der Waals surface area contributed by atoms with Crippen LogP contribution in [0.3, 0.4) is 0 Å². The van der Waals surface area contributed by atoms with E-state index in [-0.39, 0.29) is 17.4 Å². The molecule has 2 unspecified atom stereocenters. The number of esters is 1. The van der Waals surface area contributed by atoms with Gasteiger partial charge >= 0.3 is 11.9 Å². The molecule has 1 rings (SSSR count). The molecule has 0 saturated heterocycles. The topological polar surface area (TPSA) is 93.1 Å². The maximum atomic E-state index is 11.4. The number of carbonyl (C=O) groups is 2. The molecule has 23 heavy (non-hydrogen) atoms. The lowest BCUT2D eigenvalue weighted by molar-refractivity contribution is -0.303. The molecular formula is C17H26O6. The molecule has 0 aromatic carbocycles. The summed E-state index contributed by atoms with van der Waals surface area (Å²) in [6.07, 6.45) is 6.25. The molecule has 0 saturated carbocycles. The second-order valence-electron chi connectivity index (χ2n) is 6.94. The largest absolute Gasteiger partial charge is 0.478 e. The number of allylic oxidation sites excluding steroid dienone is 2. The smallest absolute Gasteiger partial charge is 0.331 e. The second kappa shape index (κ2) is 7.75. The fourth-order valence-electron chi connectivity index (χ4n) is 2.64. The molecule has 6 nitrogen and oxygen atoms in total. The predicted molar refractivity (Wildman–Crippen MR) is 84.8 cm³/mol. The zero-order chi connectivity index (χ0) is 17.7. The van der Waals surface area contributed by atoms with Gasteiger partial charge < -0.3 is 9.84 Å². The van der Waals surface area contributed by atoms with Gasteiger partial charge in [0.2, 0.25) is 0 Å². The highest BCUT2D eigenvalue weighted by Gasteiger charge is 2.29. The molecule has 0 heterocycles. The summed E-state index contributed by atoms with van der Waals surface area (Å²) in [6, 6.07) is 0. The Morgan fingerprint density at radius 1 is 1.26 bits per heavy atom. The van der Waals surface area contributed by atoms with Crippen molar-refractivity contribution >= 4 is 11.9 Å². The Kier molecular flexibility index (Phi) is 6.53. The van der Waals surface area contributed by atoms with E-state index >= 15 is 0 Å². The Morgan fingerprint density at radius 2 is 1.91 bits per heavy atom. The zero-order valence-corrected chi connectivity index (χ0v) is 14.2. The van der Waals surface area contributed by atoms with Gasteiger partial charge in [-0.15, -0.1) is 0 Å². The van der Waals surface area contributed by atoms with Crippen LogP contribution in [0.1, 0.15) is 53.4 Å². The first-order valence-electron chi connectivity index (χ1n) is 7.69. The number of carboxylic acids is 1. The van der Waals surface area contributed by atoms with Crippen LogP contribution >= 0.6 is 0 Å². The first-order chi connectivity index (χ1) is 10.6. The van der Waals surface area contributed by atoms with Crippen LogP contribution in [0.15, 0.2) is 23.8 Å². The van der Waals surface area contributed by atoms with E-state index in [1.54, 1.807) is 19.1 Å². The quantitative estimate of drug-likeness (QED) is 0.358. The van der Waals surface area contributed by atoms with Crippen LogP contribution in [0.5, 0.6) is 0 Å². The summed E-state index contributed by atoms with van der Waals surface area (Å²) < 4.78 is 5.30. The van der Waals surface area contributed by atoms with Crippen LogP contribution in [0, 0.1) is 5.41 Å². The minimum absolute atomic E-state index is 0.156. The van der Waals surface area contributed by atoms with Crippen LogP contribution in [-0.2, 0) is 19.2 Å². The van der Waals surface area contributed by atoms with Crippen molar-refractivity contribution in [2.45, 2.75) is 65.1 Å². The zero-order valence-electron chi connectivity index (χ0n) is 14.2. The molecule has 6 heteroatoms. The molecule has 0 spiro atoms. The monoisotopic (exact) mass is 326 g/mol. The molecule has 1 aliphatic carbocycles. The van der Waals surface area contributed by atoms with E-state index in [0.717, 1.165) is 0 Å². The second-order valence-corrected chi connectivity index (χ2v) is 6.94. The lowest BCUT2D eigenvalue weighted by atomic mass is 9.83. The van der Waals surface area contributed by atoms with Gasteiger partial charge in [-0.3, -0.25) is 10.1 Å². The molecule has 0 aliphatic heterocycles. The van der Waals surface area contributed by atoms with Crippen molar-refractivity contribution in [2.24, 2.45) is 5.41 Å². The molecule has 0 fully saturated rings. The standard InChI is InChI=1S/C17H26O6/c1-12(18)22-14-10-13(15(19)20)6-5-7-17(4,23-21)9-8-16(2,3)11-14/h6,8-9,14,21H,5,7,10-11H2,1-4H3,(H,19,20). The van der Waals surface area contributed by atoms with Gasteiger partial charge in [0.25, 0.3) is 0 Å². The van der Waals surface area contributed by atoms with Crippen LogP contribution < -0.4 is 0 Å². The Bertz CT molecular complexity index is 505. The van der Waals surface area contributed by atoms with E-state index in [1.165, 1.54) is 6.92 Å². The minimum Gasteiger partial charge on any atom is -0.478 e. The molecular weight excluding hydrogens is 300 g/mol. The number of carbonyl (C=O) groups excluding carboxylic acids is 1. The summed E-state index contributed by atoms with van der Waals surface area (Å²) in [4.78, 5) is 27.3. The molecule has 0 aromatic rings. The number of hydrogen-bond donors (Lipinski definition) is 2. The molecule has 0 radical (unpaired) electrons. The third-order valence-corrected chi connectivity index (χ3v) is 3.94. The van der Waals surface area contributed by atoms with E-state index in [4.69, 9.17) is 9.99 Å². The highest BCUT2D eigenvalue weighted by Crippen LogP contribution is 2.32. The lowest BCUT2D eigenvalue weighted by Crippen LogP contribution is -2.27. The molecule has 0 bridgehead atoms. The number of ether oxygens (including phenoxy) is 1. The minimum atomic E-state index is -1.03. The van der Waals surface area contributed by atoms with Gasteiger partial charge in [-0.25, -0.2) is 9.68 Å². The molecule has 0 aromatic heterocycles. The summed E-state index contributed by atoms with van der Waals surface area (Å²) in [5.74, 6) is -1.46. The molecule has 1 aliphatic rings. The maximum Gasteiger partial charge on any atom is 0.331 e. The first-order valence-corrected chi connectivity index (χ1v) is 7.69. The molecule has 2 atom stereocenters. The fourth-order valence-corrected chi connectivity index (χ4v) is 2.64. The van der Waals surface area contributed by atoms with E-state index in [9.17, 15) is 14.7 Å². The SMILES string of the molecule is CC(=O)OC1CC(C(=O)O)=CCCC(C)(OO)C=CC(C)(C)C1. The number of carboxylic acid groups (broad SMARTS) is 1. The molecule has 130 valence electrons. The highest BCUT2D eigenvalue weighted by atomic mass is 17.1. The summed E-state index contributed by atoms with van der Waals surface area (Å²) in [5, 5.41) is 18.5. The summed E-state index contributed by atoms with van der Waals surface area (Å²) in [7, 11) is 0. The van der Waals surface area contributed by atoms with E-state index in [2.05, 4.69) is 4.89 Å². The van der Waals surface area contributed by atoms with Crippen LogP contribution in [0.25, 0.3) is 0 Å². The molecule has 0 amide bonds. The third kappa shape index (κ3) is 6.54. The van der Waals surface area contributed by atoms with Crippen molar-refractivity contribution in [3.8, 4) is 0 Å². The fraction of sp³-hybridized carbons (Fsp3) is 0.647. The summed E-state index contributed by atoms with van der Waals surface area (Å²) in [5.41, 5.74) is -1.04. The summed E-state index contributed by atoms with van der Waals surface area (Å²) in [6.45, 7) is 6.96. The first kappa shape index (κ1) is 19.4. The van der Waals surface area contributed by atoms with Crippen molar-refractivity contribution in [1.82, 2.24) is 0 Å². The van der Waals surface area contributed by atoms with Crippen LogP contribution in [0.4, 0.5) is 0 Å². The average Bonchev–Trinajstić information content (AvgIpc) is 2.44. The third-order valence-electron chi connectivity index (χ3n) is 3.94. The van der Waals surface area contributed by atoms with Gasteiger partial charge in [0.15, 0.2) is 0 Å². The van der Waals surface area contributed by atoms with Crippen molar-refractivity contribution in [1.29, 1.82) is 0 Å². The van der Waals surface area contributed by atoms with Crippen molar-refractivity contribution < 1.29 is 29.6 Å². The van der Waals surface area contributed by atoms with E-state index in [0.29, 0.717) is 19.3 Å². The normalized spacial score (nSPS) is 28.4. The Morgan fingerprint density at radius 3 is 2.43 bits per heavy atom.